The molecule has 0 aliphatic carbocycles. The van der Waals surface area contributed by atoms with Gasteiger partial charge >= 0.3 is 0 Å². The molecule has 0 heterocycles. The molecule has 0 saturated carbocycles. The lowest BCUT2D eigenvalue weighted by Gasteiger charge is -2.06. The molecule has 17 heavy (non-hydrogen) atoms. The summed E-state index contributed by atoms with van der Waals surface area (Å²) >= 11 is 3.27. The van der Waals surface area contributed by atoms with Gasteiger partial charge in [0.25, 0.3) is 0 Å². The molecule has 1 amide bonds. The molecule has 1 aromatic carbocycles. The van der Waals surface area contributed by atoms with Gasteiger partial charge in [0.05, 0.1) is 0 Å². The number of amides is 1. The van der Waals surface area contributed by atoms with Crippen LogP contribution in [0.25, 0.3) is 0 Å². The topological polar surface area (TPSA) is 29.1 Å². The summed E-state index contributed by atoms with van der Waals surface area (Å²) in [5, 5.41) is 3.47. The van der Waals surface area contributed by atoms with Crippen molar-refractivity contribution >= 4 is 21.8 Å². The number of hydrogen-bond donors (Lipinski definition) is 1. The van der Waals surface area contributed by atoms with Gasteiger partial charge in [0.1, 0.15) is 11.6 Å². The molecule has 0 atom stereocenters. The van der Waals surface area contributed by atoms with Crippen LogP contribution in [0.4, 0.5) is 8.78 Å². The lowest BCUT2D eigenvalue weighted by Crippen LogP contribution is -2.22. The molecule has 1 rings (SSSR count). The largest absolute Gasteiger partial charge is 0.352 e. The van der Waals surface area contributed by atoms with Gasteiger partial charge in [-0.15, -0.1) is 0 Å². The zero-order valence-corrected chi connectivity index (χ0v) is 10.9. The second-order valence-corrected chi connectivity index (χ2v) is 4.45. The van der Waals surface area contributed by atoms with Crippen molar-refractivity contribution in [2.45, 2.75) is 25.8 Å². The van der Waals surface area contributed by atoms with Crippen molar-refractivity contribution in [1.29, 1.82) is 0 Å². The molecular weight excluding hydrogens is 292 g/mol. The van der Waals surface area contributed by atoms with Crippen LogP contribution in [-0.4, -0.2) is 11.2 Å². The van der Waals surface area contributed by atoms with E-state index < -0.39 is 11.6 Å². The monoisotopic (exact) mass is 305 g/mol. The zero-order chi connectivity index (χ0) is 12.7. The minimum absolute atomic E-state index is 0.0965. The molecule has 0 radical (unpaired) electrons. The first-order chi connectivity index (χ1) is 8.13. The number of rotatable bonds is 6. The summed E-state index contributed by atoms with van der Waals surface area (Å²) in [4.78, 5) is 11.3. The van der Waals surface area contributed by atoms with E-state index in [4.69, 9.17) is 0 Å². The highest BCUT2D eigenvalue weighted by Gasteiger charge is 2.05. The predicted octanol–water partition coefficient (Wildman–Crippen LogP) is 3.15. The lowest BCUT2D eigenvalue weighted by molar-refractivity contribution is -0.121. The number of carbonyl (C=O) groups excluding carboxylic acids is 1. The maximum atomic E-state index is 13.2. The number of carbonyl (C=O) groups is 1. The summed E-state index contributed by atoms with van der Waals surface area (Å²) in [5.74, 6) is -1.37. The van der Waals surface area contributed by atoms with Crippen LogP contribution < -0.4 is 5.32 Å². The first-order valence-corrected chi connectivity index (χ1v) is 6.52. The van der Waals surface area contributed by atoms with Crippen molar-refractivity contribution in [1.82, 2.24) is 5.32 Å². The first kappa shape index (κ1) is 14.1. The van der Waals surface area contributed by atoms with Gasteiger partial charge in [0, 0.05) is 29.9 Å². The zero-order valence-electron chi connectivity index (χ0n) is 9.31. The van der Waals surface area contributed by atoms with E-state index in [1.165, 1.54) is 12.1 Å². The van der Waals surface area contributed by atoms with Crippen LogP contribution in [0.1, 0.15) is 24.8 Å². The van der Waals surface area contributed by atoms with Gasteiger partial charge < -0.3 is 5.32 Å². The highest BCUT2D eigenvalue weighted by molar-refractivity contribution is 9.09. The molecule has 0 unspecified atom stereocenters. The predicted molar refractivity (Wildman–Crippen MR) is 65.8 cm³/mol. The highest BCUT2D eigenvalue weighted by Crippen LogP contribution is 2.09. The minimum atomic E-state index is -0.634. The molecule has 0 aliphatic heterocycles. The van der Waals surface area contributed by atoms with E-state index in [2.05, 4.69) is 21.2 Å². The quantitative estimate of drug-likeness (QED) is 0.635. The van der Waals surface area contributed by atoms with Crippen LogP contribution in [0.15, 0.2) is 18.2 Å². The highest BCUT2D eigenvalue weighted by atomic mass is 79.9. The average Bonchev–Trinajstić information content (AvgIpc) is 2.28. The van der Waals surface area contributed by atoms with Gasteiger partial charge in [-0.3, -0.25) is 4.79 Å². The van der Waals surface area contributed by atoms with Gasteiger partial charge in [-0.05, 0) is 18.9 Å². The maximum Gasteiger partial charge on any atom is 0.220 e. The second kappa shape index (κ2) is 7.37. The molecule has 1 aromatic rings. The Hall–Kier alpha value is -0.970. The Bertz CT molecular complexity index is 385. The molecule has 0 fully saturated rings. The fourth-order valence-electron chi connectivity index (χ4n) is 1.33. The number of halogens is 3. The van der Waals surface area contributed by atoms with Gasteiger partial charge in [-0.2, -0.15) is 0 Å². The van der Waals surface area contributed by atoms with E-state index >= 15 is 0 Å². The fourth-order valence-corrected chi connectivity index (χ4v) is 1.72. The van der Waals surface area contributed by atoms with Crippen molar-refractivity contribution in [3.8, 4) is 0 Å². The van der Waals surface area contributed by atoms with E-state index in [-0.39, 0.29) is 12.5 Å². The van der Waals surface area contributed by atoms with E-state index in [0.29, 0.717) is 12.0 Å². The summed E-state index contributed by atoms with van der Waals surface area (Å²) in [7, 11) is 0. The van der Waals surface area contributed by atoms with Crippen molar-refractivity contribution in [2.24, 2.45) is 0 Å². The van der Waals surface area contributed by atoms with Crippen LogP contribution in [0, 0.1) is 11.6 Å². The molecule has 0 saturated heterocycles. The first-order valence-electron chi connectivity index (χ1n) is 5.40. The number of alkyl halides is 1. The van der Waals surface area contributed by atoms with Crippen LogP contribution >= 0.6 is 15.9 Å². The standard InChI is InChI=1S/C12H14BrF2NO/c13-6-2-1-3-12(17)16-8-9-4-5-10(14)7-11(9)15/h4-5,7H,1-3,6,8H2,(H,16,17). The summed E-state index contributed by atoms with van der Waals surface area (Å²) in [5.41, 5.74) is 0.292. The smallest absolute Gasteiger partial charge is 0.220 e. The normalized spacial score (nSPS) is 10.3. The van der Waals surface area contributed by atoms with Crippen molar-refractivity contribution in [3.63, 3.8) is 0 Å². The maximum absolute atomic E-state index is 13.2. The second-order valence-electron chi connectivity index (χ2n) is 3.66. The Morgan fingerprint density at radius 3 is 2.71 bits per heavy atom. The lowest BCUT2D eigenvalue weighted by atomic mass is 10.2. The summed E-state index contributed by atoms with van der Waals surface area (Å²) in [6.07, 6.45) is 2.15. The van der Waals surface area contributed by atoms with Gasteiger partial charge in [0.2, 0.25) is 5.91 Å². The molecule has 5 heteroatoms. The Labute approximate surface area is 108 Å². The van der Waals surface area contributed by atoms with E-state index in [9.17, 15) is 13.6 Å². The number of hydrogen-bond acceptors (Lipinski definition) is 1. The Kier molecular flexibility index (Phi) is 6.11. The SMILES string of the molecule is O=C(CCCCBr)NCc1ccc(F)cc1F. The summed E-state index contributed by atoms with van der Waals surface area (Å²) in [6, 6.07) is 3.32. The average molecular weight is 306 g/mol. The molecule has 2 nitrogen and oxygen atoms in total. The van der Waals surface area contributed by atoms with Gasteiger partial charge in [-0.1, -0.05) is 22.0 Å². The molecule has 0 aromatic heterocycles. The van der Waals surface area contributed by atoms with Crippen LogP contribution in [0.5, 0.6) is 0 Å². The number of unbranched alkanes of at least 4 members (excludes halogenated alkanes) is 1. The van der Waals surface area contributed by atoms with Crippen LogP contribution in [0.3, 0.4) is 0 Å². The molecule has 94 valence electrons. The van der Waals surface area contributed by atoms with Crippen LogP contribution in [0.2, 0.25) is 0 Å². The van der Waals surface area contributed by atoms with E-state index in [1.54, 1.807) is 0 Å². The Morgan fingerprint density at radius 1 is 1.29 bits per heavy atom. The Morgan fingerprint density at radius 2 is 2.06 bits per heavy atom. The molecule has 1 N–H and O–H groups in total. The third-order valence-electron chi connectivity index (χ3n) is 2.28. The molecule has 0 bridgehead atoms. The van der Waals surface area contributed by atoms with E-state index in [0.717, 1.165) is 24.2 Å². The summed E-state index contributed by atoms with van der Waals surface area (Å²) < 4.78 is 25.8. The van der Waals surface area contributed by atoms with E-state index in [1.807, 2.05) is 0 Å². The van der Waals surface area contributed by atoms with Crippen LogP contribution in [-0.2, 0) is 11.3 Å². The molecular formula is C12H14BrF2NO. The minimum Gasteiger partial charge on any atom is -0.352 e. The number of benzene rings is 1. The van der Waals surface area contributed by atoms with Crippen molar-refractivity contribution < 1.29 is 13.6 Å². The molecule has 0 aliphatic rings. The fraction of sp³-hybridized carbons (Fsp3) is 0.417. The third-order valence-corrected chi connectivity index (χ3v) is 2.84. The third kappa shape index (κ3) is 5.26. The van der Waals surface area contributed by atoms with Crippen molar-refractivity contribution in [3.05, 3.63) is 35.4 Å². The van der Waals surface area contributed by atoms with Gasteiger partial charge in [0.15, 0.2) is 0 Å². The Balaban J connectivity index is 2.37. The summed E-state index contributed by atoms with van der Waals surface area (Å²) in [6.45, 7) is 0.0965. The van der Waals surface area contributed by atoms with Gasteiger partial charge in [-0.25, -0.2) is 8.78 Å². The number of nitrogens with one attached hydrogen (secondary N) is 1. The molecule has 0 spiro atoms. The van der Waals surface area contributed by atoms with Crippen molar-refractivity contribution in [2.75, 3.05) is 5.33 Å².